The van der Waals surface area contributed by atoms with Gasteiger partial charge in [-0.15, -0.1) is 0 Å². The Morgan fingerprint density at radius 2 is 1.04 bits per heavy atom. The summed E-state index contributed by atoms with van der Waals surface area (Å²) in [7, 11) is 0. The first-order valence-electron chi connectivity index (χ1n) is 22.2. The molecule has 0 saturated carbocycles. The maximum absolute atomic E-state index is 13.1. The van der Waals surface area contributed by atoms with Crippen molar-refractivity contribution in [3.63, 3.8) is 0 Å². The van der Waals surface area contributed by atoms with Crippen molar-refractivity contribution in [3.05, 3.63) is 72.9 Å². The zero-order valence-electron chi connectivity index (χ0n) is 35.1. The number of ether oxygens (including phenoxy) is 1. The fourth-order valence-corrected chi connectivity index (χ4v) is 6.26. The zero-order chi connectivity index (χ0) is 39.6. The van der Waals surface area contributed by atoms with Crippen LogP contribution in [-0.2, 0) is 14.3 Å². The number of esters is 1. The van der Waals surface area contributed by atoms with Gasteiger partial charge in [0.2, 0.25) is 5.91 Å². The van der Waals surface area contributed by atoms with Gasteiger partial charge in [-0.3, -0.25) is 9.59 Å². The van der Waals surface area contributed by atoms with Gasteiger partial charge in [-0.05, 0) is 57.8 Å². The number of aliphatic hydroxyl groups is 2. The topological polar surface area (TPSA) is 95.9 Å². The molecule has 0 fully saturated rings. The van der Waals surface area contributed by atoms with Crippen molar-refractivity contribution >= 4 is 11.9 Å². The molecule has 0 aromatic carbocycles. The molecule has 310 valence electrons. The van der Waals surface area contributed by atoms with Crippen LogP contribution in [-0.4, -0.2) is 46.9 Å². The minimum atomic E-state index is -0.804. The van der Waals surface area contributed by atoms with Crippen LogP contribution in [0.4, 0.5) is 0 Å². The Morgan fingerprint density at radius 1 is 0.556 bits per heavy atom. The third-order valence-corrected chi connectivity index (χ3v) is 9.65. The van der Waals surface area contributed by atoms with E-state index < -0.39 is 18.2 Å². The standard InChI is InChI=1S/C48H83NO5/c1-4-7-10-13-16-19-21-23-25-28-31-34-37-40-46(51)45(43-50)49-47(52)42-44(39-36-33-30-27-18-15-12-9-6-3)54-48(53)41-38-35-32-29-26-24-22-20-17-14-11-8-5-2/h8,11,14-15,17-18,20,22,24,26,29,32,44-46,50-51H,4-7,9-10,12-13,16,19,21,23,25,27-28,30-31,33-43H2,1-3H3,(H,49,52)/b11-8+,17-14+,18-15-,22-20-,26-24-,32-29+. The number of rotatable bonds is 38. The van der Waals surface area contributed by atoms with Gasteiger partial charge in [0, 0.05) is 6.42 Å². The lowest BCUT2D eigenvalue weighted by molar-refractivity contribution is -0.151. The smallest absolute Gasteiger partial charge is 0.306 e. The molecule has 0 aliphatic rings. The van der Waals surface area contributed by atoms with Crippen molar-refractivity contribution < 1.29 is 24.5 Å². The van der Waals surface area contributed by atoms with Crippen LogP contribution in [0, 0.1) is 0 Å². The summed E-state index contributed by atoms with van der Waals surface area (Å²) in [6.07, 6.45) is 51.1. The highest BCUT2D eigenvalue weighted by atomic mass is 16.5. The predicted octanol–water partition coefficient (Wildman–Crippen LogP) is 12.7. The maximum Gasteiger partial charge on any atom is 0.306 e. The molecule has 1 amide bonds. The third kappa shape index (κ3) is 36.3. The molecule has 3 unspecified atom stereocenters. The number of carbonyl (C=O) groups is 2. The number of aliphatic hydroxyl groups excluding tert-OH is 2. The van der Waals surface area contributed by atoms with Crippen molar-refractivity contribution in [2.75, 3.05) is 6.61 Å². The van der Waals surface area contributed by atoms with Crippen molar-refractivity contribution in [2.45, 2.75) is 212 Å². The summed E-state index contributed by atoms with van der Waals surface area (Å²) in [5, 5.41) is 23.6. The van der Waals surface area contributed by atoms with Gasteiger partial charge in [-0.2, -0.15) is 0 Å². The summed E-state index contributed by atoms with van der Waals surface area (Å²) in [6, 6.07) is -0.721. The molecule has 0 aromatic heterocycles. The van der Waals surface area contributed by atoms with E-state index in [-0.39, 0.29) is 24.9 Å². The van der Waals surface area contributed by atoms with Gasteiger partial charge in [0.25, 0.3) is 0 Å². The molecule has 0 aromatic rings. The SMILES string of the molecule is CC/C=C/C=C/C=C\C=C/C=C/CCCC(=O)OC(CCCCC/C=C\CCCC)CC(=O)NC(CO)C(O)CCCCCCCCCCCCCCC. The molecule has 3 N–H and O–H groups in total. The number of nitrogens with one attached hydrogen (secondary N) is 1. The third-order valence-electron chi connectivity index (χ3n) is 9.65. The fraction of sp³-hybridized carbons (Fsp3) is 0.708. The molecular formula is C48H83NO5. The van der Waals surface area contributed by atoms with Gasteiger partial charge < -0.3 is 20.3 Å². The van der Waals surface area contributed by atoms with Crippen LogP contribution < -0.4 is 5.32 Å². The number of carbonyl (C=O) groups excluding carboxylic acids is 2. The van der Waals surface area contributed by atoms with E-state index in [1.807, 2.05) is 54.7 Å². The Balaban J connectivity index is 4.66. The van der Waals surface area contributed by atoms with Crippen LogP contribution in [0.15, 0.2) is 72.9 Å². The molecule has 0 spiro atoms. The fourth-order valence-electron chi connectivity index (χ4n) is 6.26. The average Bonchev–Trinajstić information content (AvgIpc) is 3.16. The van der Waals surface area contributed by atoms with Crippen molar-refractivity contribution in [2.24, 2.45) is 0 Å². The van der Waals surface area contributed by atoms with E-state index in [4.69, 9.17) is 4.74 Å². The number of amides is 1. The largest absolute Gasteiger partial charge is 0.462 e. The molecule has 6 nitrogen and oxygen atoms in total. The van der Waals surface area contributed by atoms with Crippen LogP contribution in [0.25, 0.3) is 0 Å². The highest BCUT2D eigenvalue weighted by Gasteiger charge is 2.24. The summed E-state index contributed by atoms with van der Waals surface area (Å²) in [5.41, 5.74) is 0. The average molecular weight is 754 g/mol. The predicted molar refractivity (Wildman–Crippen MR) is 231 cm³/mol. The van der Waals surface area contributed by atoms with Gasteiger partial charge in [0.1, 0.15) is 6.10 Å². The monoisotopic (exact) mass is 754 g/mol. The molecule has 6 heteroatoms. The normalized spacial score (nSPS) is 14.1. The first kappa shape index (κ1) is 51.3. The van der Waals surface area contributed by atoms with Crippen LogP contribution >= 0.6 is 0 Å². The molecule has 3 atom stereocenters. The summed E-state index contributed by atoms with van der Waals surface area (Å²) >= 11 is 0. The molecule has 0 aliphatic carbocycles. The van der Waals surface area contributed by atoms with E-state index in [1.165, 1.54) is 77.0 Å². The number of allylic oxidation sites excluding steroid dienone is 12. The first-order valence-corrected chi connectivity index (χ1v) is 22.2. The second-order valence-electron chi connectivity index (χ2n) is 14.8. The first-order chi connectivity index (χ1) is 26.5. The molecule has 0 bridgehead atoms. The minimum absolute atomic E-state index is 0.0346. The second-order valence-corrected chi connectivity index (χ2v) is 14.8. The Hall–Kier alpha value is -2.70. The molecule has 54 heavy (non-hydrogen) atoms. The highest BCUT2D eigenvalue weighted by molar-refractivity contribution is 5.77. The molecule has 0 rings (SSSR count). The summed E-state index contributed by atoms with van der Waals surface area (Å²) in [5.74, 6) is -0.588. The van der Waals surface area contributed by atoms with E-state index in [1.54, 1.807) is 0 Å². The molecule has 0 radical (unpaired) electrons. The Bertz CT molecular complexity index is 1030. The summed E-state index contributed by atoms with van der Waals surface area (Å²) < 4.78 is 5.83. The van der Waals surface area contributed by atoms with Crippen LogP contribution in [0.3, 0.4) is 0 Å². The van der Waals surface area contributed by atoms with Gasteiger partial charge in [-0.25, -0.2) is 0 Å². The minimum Gasteiger partial charge on any atom is -0.462 e. The summed E-state index contributed by atoms with van der Waals surface area (Å²) in [6.45, 7) is 6.24. The van der Waals surface area contributed by atoms with E-state index in [0.29, 0.717) is 25.7 Å². The van der Waals surface area contributed by atoms with Crippen molar-refractivity contribution in [1.29, 1.82) is 0 Å². The molecule has 0 aliphatic heterocycles. The number of hydrogen-bond acceptors (Lipinski definition) is 5. The maximum atomic E-state index is 13.1. The Labute approximate surface area is 332 Å². The van der Waals surface area contributed by atoms with Gasteiger partial charge in [-0.1, -0.05) is 196 Å². The number of hydrogen-bond donors (Lipinski definition) is 3. The van der Waals surface area contributed by atoms with E-state index >= 15 is 0 Å². The van der Waals surface area contributed by atoms with Crippen molar-refractivity contribution in [1.82, 2.24) is 5.32 Å². The Morgan fingerprint density at radius 3 is 1.61 bits per heavy atom. The zero-order valence-corrected chi connectivity index (χ0v) is 35.1. The quantitative estimate of drug-likeness (QED) is 0.0252. The van der Waals surface area contributed by atoms with Crippen molar-refractivity contribution in [3.8, 4) is 0 Å². The lowest BCUT2D eigenvalue weighted by Crippen LogP contribution is -2.46. The highest BCUT2D eigenvalue weighted by Crippen LogP contribution is 2.16. The molecule has 0 saturated heterocycles. The van der Waals surface area contributed by atoms with Crippen LogP contribution in [0.2, 0.25) is 0 Å². The summed E-state index contributed by atoms with van der Waals surface area (Å²) in [4.78, 5) is 25.9. The van der Waals surface area contributed by atoms with E-state index in [2.05, 4.69) is 44.3 Å². The van der Waals surface area contributed by atoms with Gasteiger partial charge >= 0.3 is 5.97 Å². The lowest BCUT2D eigenvalue weighted by atomic mass is 10.0. The van der Waals surface area contributed by atoms with Gasteiger partial charge in [0.05, 0.1) is 25.2 Å². The van der Waals surface area contributed by atoms with Crippen LogP contribution in [0.5, 0.6) is 0 Å². The van der Waals surface area contributed by atoms with E-state index in [0.717, 1.165) is 64.2 Å². The van der Waals surface area contributed by atoms with Gasteiger partial charge in [0.15, 0.2) is 0 Å². The second kappa shape index (κ2) is 41.5. The van der Waals surface area contributed by atoms with Crippen LogP contribution in [0.1, 0.15) is 194 Å². The molecular weight excluding hydrogens is 671 g/mol. The number of unbranched alkanes of at least 4 members (excludes halogenated alkanes) is 18. The Kier molecular flexibility index (Phi) is 39.4. The van der Waals surface area contributed by atoms with E-state index in [9.17, 15) is 19.8 Å². The molecule has 0 heterocycles. The lowest BCUT2D eigenvalue weighted by Gasteiger charge is -2.24.